The van der Waals surface area contributed by atoms with Crippen LogP contribution in [0.5, 0.6) is 5.75 Å². The molecular weight excluding hydrogens is 460 g/mol. The number of para-hydroxylation sites is 1. The van der Waals surface area contributed by atoms with Crippen LogP contribution < -0.4 is 19.9 Å². The van der Waals surface area contributed by atoms with E-state index in [1.807, 2.05) is 67.6 Å². The minimum absolute atomic E-state index is 0.151. The lowest BCUT2D eigenvalue weighted by Crippen LogP contribution is -2.60. The van der Waals surface area contributed by atoms with Gasteiger partial charge in [0.1, 0.15) is 5.75 Å². The second-order valence-corrected chi connectivity index (χ2v) is 9.56. The molecule has 1 unspecified atom stereocenters. The molecular formula is C27H27N4O3S+. The lowest BCUT2D eigenvalue weighted by molar-refractivity contribution is -0.763. The van der Waals surface area contributed by atoms with Crippen LogP contribution in [-0.2, 0) is 4.79 Å². The minimum atomic E-state index is -0.700. The van der Waals surface area contributed by atoms with Gasteiger partial charge in [-0.3, -0.25) is 14.6 Å². The van der Waals surface area contributed by atoms with Crippen LogP contribution in [0.3, 0.4) is 0 Å². The third kappa shape index (κ3) is 3.97. The Morgan fingerprint density at radius 3 is 2.66 bits per heavy atom. The molecule has 0 aliphatic carbocycles. The predicted octanol–water partition coefficient (Wildman–Crippen LogP) is 4.69. The van der Waals surface area contributed by atoms with Gasteiger partial charge in [-0.05, 0) is 45.8 Å². The summed E-state index contributed by atoms with van der Waals surface area (Å²) in [7, 11) is 0. The van der Waals surface area contributed by atoms with Gasteiger partial charge in [-0.1, -0.05) is 68.1 Å². The number of benzene rings is 3. The number of hydrogen-bond donors (Lipinski definition) is 1. The van der Waals surface area contributed by atoms with Crippen LogP contribution >= 0.6 is 11.8 Å². The maximum atomic E-state index is 13.4. The SMILES string of the molecule is CCCOc1ccc2ccccc2c1C1N(C(C)=O)c2ccccc2-c2c(=O)[nH]c(SCC)n[n+]21. The lowest BCUT2D eigenvalue weighted by atomic mass is 9.96. The second kappa shape index (κ2) is 9.54. The van der Waals surface area contributed by atoms with Gasteiger partial charge in [0.15, 0.2) is 0 Å². The highest BCUT2D eigenvalue weighted by Gasteiger charge is 2.46. The molecule has 0 spiro atoms. The minimum Gasteiger partial charge on any atom is -0.493 e. The molecule has 1 aliphatic rings. The van der Waals surface area contributed by atoms with E-state index in [-0.39, 0.29) is 11.5 Å². The number of fused-ring (bicyclic) bond motifs is 4. The Kier molecular flexibility index (Phi) is 6.30. The summed E-state index contributed by atoms with van der Waals surface area (Å²) in [4.78, 5) is 31.3. The van der Waals surface area contributed by atoms with Crippen LogP contribution in [-0.4, -0.2) is 28.3 Å². The molecule has 3 aromatic carbocycles. The van der Waals surface area contributed by atoms with Crippen LogP contribution in [0.4, 0.5) is 5.69 Å². The van der Waals surface area contributed by atoms with Crippen molar-refractivity contribution < 1.29 is 14.2 Å². The van der Waals surface area contributed by atoms with E-state index < -0.39 is 6.17 Å². The summed E-state index contributed by atoms with van der Waals surface area (Å²) in [5.74, 6) is 1.27. The number of hydrogen-bond acceptors (Lipinski definition) is 5. The molecule has 8 heteroatoms. The maximum Gasteiger partial charge on any atom is 0.325 e. The molecule has 7 nitrogen and oxygen atoms in total. The Labute approximate surface area is 207 Å². The first-order valence-electron chi connectivity index (χ1n) is 11.8. The molecule has 0 saturated carbocycles. The number of rotatable bonds is 6. The number of aromatic nitrogens is 3. The van der Waals surface area contributed by atoms with Gasteiger partial charge in [0.2, 0.25) is 11.1 Å². The number of carbonyl (C=O) groups excluding carboxylic acids is 1. The first-order valence-corrected chi connectivity index (χ1v) is 12.8. The van der Waals surface area contributed by atoms with Gasteiger partial charge in [0, 0.05) is 12.0 Å². The number of thioether (sulfide) groups is 1. The molecule has 2 heterocycles. The molecule has 4 aromatic rings. The average Bonchev–Trinajstić information content (AvgIpc) is 2.86. The van der Waals surface area contributed by atoms with Gasteiger partial charge >= 0.3 is 11.3 Å². The first-order chi connectivity index (χ1) is 17.0. The summed E-state index contributed by atoms with van der Waals surface area (Å²) in [5.41, 5.74) is 2.31. The first kappa shape index (κ1) is 23.1. The summed E-state index contributed by atoms with van der Waals surface area (Å²) >= 11 is 1.45. The summed E-state index contributed by atoms with van der Waals surface area (Å²) in [5, 5.41) is 7.32. The van der Waals surface area contributed by atoms with Crippen molar-refractivity contribution in [2.75, 3.05) is 17.3 Å². The van der Waals surface area contributed by atoms with E-state index >= 15 is 0 Å². The molecule has 1 amide bonds. The second-order valence-electron chi connectivity index (χ2n) is 8.31. The van der Waals surface area contributed by atoms with Gasteiger partial charge in [0.05, 0.1) is 23.4 Å². The molecule has 1 aliphatic heterocycles. The highest BCUT2D eigenvalue weighted by atomic mass is 32.2. The van der Waals surface area contributed by atoms with Gasteiger partial charge in [-0.2, -0.15) is 0 Å². The smallest absolute Gasteiger partial charge is 0.325 e. The summed E-state index contributed by atoms with van der Waals surface area (Å²) in [6.45, 7) is 6.14. The van der Waals surface area contributed by atoms with Gasteiger partial charge in [-0.15, -0.1) is 0 Å². The normalized spacial score (nSPS) is 14.5. The maximum absolute atomic E-state index is 13.4. The Balaban J connectivity index is 1.90. The van der Waals surface area contributed by atoms with Crippen LogP contribution in [0.25, 0.3) is 22.0 Å². The fraction of sp³-hybridized carbons (Fsp3) is 0.259. The van der Waals surface area contributed by atoms with Gasteiger partial charge in [-0.25, -0.2) is 4.90 Å². The van der Waals surface area contributed by atoms with E-state index in [0.717, 1.165) is 28.5 Å². The van der Waals surface area contributed by atoms with Crippen molar-refractivity contribution in [2.24, 2.45) is 0 Å². The Morgan fingerprint density at radius 2 is 1.89 bits per heavy atom. The van der Waals surface area contributed by atoms with E-state index in [4.69, 9.17) is 9.84 Å². The summed E-state index contributed by atoms with van der Waals surface area (Å²) < 4.78 is 7.91. The fourth-order valence-electron chi connectivity index (χ4n) is 4.66. The zero-order valence-corrected chi connectivity index (χ0v) is 20.8. The lowest BCUT2D eigenvalue weighted by Gasteiger charge is -2.32. The zero-order valence-electron chi connectivity index (χ0n) is 19.9. The van der Waals surface area contributed by atoms with Crippen LogP contribution in [0.15, 0.2) is 70.6 Å². The number of carbonyl (C=O) groups is 1. The van der Waals surface area contributed by atoms with Crippen molar-refractivity contribution in [1.82, 2.24) is 10.1 Å². The molecule has 35 heavy (non-hydrogen) atoms. The fourth-order valence-corrected chi connectivity index (χ4v) is 5.24. The van der Waals surface area contributed by atoms with Crippen molar-refractivity contribution in [1.29, 1.82) is 0 Å². The topological polar surface area (TPSA) is 79.2 Å². The average molecular weight is 488 g/mol. The molecule has 0 saturated heterocycles. The van der Waals surface area contributed by atoms with E-state index in [1.165, 1.54) is 11.8 Å². The summed E-state index contributed by atoms with van der Waals surface area (Å²) in [6.07, 6.45) is 0.142. The van der Waals surface area contributed by atoms with Crippen LogP contribution in [0, 0.1) is 0 Å². The number of nitrogens with zero attached hydrogens (tertiary/aromatic N) is 3. The monoisotopic (exact) mass is 487 g/mol. The Morgan fingerprint density at radius 1 is 1.11 bits per heavy atom. The van der Waals surface area contributed by atoms with Crippen molar-refractivity contribution >= 4 is 34.1 Å². The molecule has 0 fully saturated rings. The van der Waals surface area contributed by atoms with Gasteiger partial charge < -0.3 is 4.74 Å². The molecule has 1 aromatic heterocycles. The number of amides is 1. The summed E-state index contributed by atoms with van der Waals surface area (Å²) in [6, 6.07) is 19.5. The Bertz CT molecular complexity index is 1480. The molecule has 0 radical (unpaired) electrons. The van der Waals surface area contributed by atoms with Crippen molar-refractivity contribution in [3.8, 4) is 17.0 Å². The number of nitrogens with one attached hydrogen (secondary N) is 1. The molecule has 1 N–H and O–H groups in total. The largest absolute Gasteiger partial charge is 0.493 e. The van der Waals surface area contributed by atoms with E-state index in [0.29, 0.717) is 34.5 Å². The van der Waals surface area contributed by atoms with Crippen molar-refractivity contribution in [3.63, 3.8) is 0 Å². The third-order valence-corrected chi connectivity index (χ3v) is 6.77. The molecule has 1 atom stereocenters. The predicted molar refractivity (Wildman–Crippen MR) is 138 cm³/mol. The Hall–Kier alpha value is -3.65. The molecule has 5 rings (SSSR count). The van der Waals surface area contributed by atoms with Crippen LogP contribution in [0.2, 0.25) is 0 Å². The van der Waals surface area contributed by atoms with E-state index in [2.05, 4.69) is 11.9 Å². The van der Waals surface area contributed by atoms with E-state index in [9.17, 15) is 9.59 Å². The van der Waals surface area contributed by atoms with Gasteiger partial charge in [0.25, 0.3) is 6.17 Å². The number of H-pyrrole nitrogens is 1. The van der Waals surface area contributed by atoms with Crippen molar-refractivity contribution in [2.45, 2.75) is 38.5 Å². The highest BCUT2D eigenvalue weighted by Crippen LogP contribution is 2.42. The molecule has 0 bridgehead atoms. The standard InChI is InChI=1S/C27H26N4O3S/c1-4-16-34-22-15-14-18-10-6-7-11-19(18)23(22)26-30(17(3)32)21-13-9-8-12-20(21)24-25(33)28-27(35-5-2)29-31(24)26/h6-15,26H,4-5,16H2,1-3H3/p+1. The number of ether oxygens (including phenoxy) is 1. The van der Waals surface area contributed by atoms with Crippen molar-refractivity contribution in [3.05, 3.63) is 76.6 Å². The number of anilines is 1. The zero-order chi connectivity index (χ0) is 24.5. The quantitative estimate of drug-likeness (QED) is 0.315. The highest BCUT2D eigenvalue weighted by molar-refractivity contribution is 7.99. The van der Waals surface area contributed by atoms with Crippen LogP contribution in [0.1, 0.15) is 38.9 Å². The number of aromatic amines is 1. The molecule has 178 valence electrons. The van der Waals surface area contributed by atoms with E-state index in [1.54, 1.807) is 16.5 Å². The third-order valence-electron chi connectivity index (χ3n) is 6.03.